The van der Waals surface area contributed by atoms with Crippen molar-refractivity contribution >= 4 is 27.4 Å². The summed E-state index contributed by atoms with van der Waals surface area (Å²) < 4.78 is 6.24. The Morgan fingerprint density at radius 2 is 2.00 bits per heavy atom. The average molecular weight is 318 g/mol. The summed E-state index contributed by atoms with van der Waals surface area (Å²) in [7, 11) is 0. The molecular weight excluding hydrogens is 306 g/mol. The van der Waals surface area contributed by atoms with E-state index in [9.17, 15) is 4.79 Å². The highest BCUT2D eigenvalue weighted by Crippen LogP contribution is 2.27. The fourth-order valence-corrected chi connectivity index (χ4v) is 2.75. The zero-order chi connectivity index (χ0) is 13.4. The van der Waals surface area contributed by atoms with Gasteiger partial charge in [-0.1, -0.05) is 15.9 Å². The van der Waals surface area contributed by atoms with Crippen LogP contribution in [0.1, 0.15) is 21.5 Å². The van der Waals surface area contributed by atoms with E-state index in [1.165, 1.54) is 0 Å². The molecule has 96 valence electrons. The standard InChI is InChI=1S/C15H12BrNO2/c16-12-6-11(7-13(17)8-12)15(18)10-1-2-14-9(5-10)3-4-19-14/h1-2,5-8H,3-4,17H2. The molecule has 0 bridgehead atoms. The van der Waals surface area contributed by atoms with Crippen LogP contribution in [0.4, 0.5) is 5.69 Å². The van der Waals surface area contributed by atoms with Crippen LogP contribution in [-0.2, 0) is 6.42 Å². The summed E-state index contributed by atoms with van der Waals surface area (Å²) in [6, 6.07) is 10.8. The largest absolute Gasteiger partial charge is 0.493 e. The predicted octanol–water partition coefficient (Wildman–Crippen LogP) is 3.20. The van der Waals surface area contributed by atoms with E-state index in [0.29, 0.717) is 23.4 Å². The Labute approximate surface area is 119 Å². The molecule has 0 aromatic heterocycles. The molecule has 0 amide bonds. The van der Waals surface area contributed by atoms with Gasteiger partial charge in [-0.3, -0.25) is 4.79 Å². The van der Waals surface area contributed by atoms with Crippen LogP contribution < -0.4 is 10.5 Å². The van der Waals surface area contributed by atoms with E-state index in [1.807, 2.05) is 12.1 Å². The molecule has 2 aromatic rings. The van der Waals surface area contributed by atoms with E-state index in [-0.39, 0.29) is 5.78 Å². The van der Waals surface area contributed by atoms with Crippen molar-refractivity contribution < 1.29 is 9.53 Å². The summed E-state index contributed by atoms with van der Waals surface area (Å²) in [5, 5.41) is 0. The Balaban J connectivity index is 1.99. The molecule has 1 aliphatic rings. The maximum Gasteiger partial charge on any atom is 0.193 e. The second kappa shape index (κ2) is 4.70. The molecule has 1 heterocycles. The number of ether oxygens (including phenoxy) is 1. The van der Waals surface area contributed by atoms with Crippen molar-refractivity contribution in [3.8, 4) is 5.75 Å². The number of fused-ring (bicyclic) bond motifs is 1. The van der Waals surface area contributed by atoms with Gasteiger partial charge in [-0.2, -0.15) is 0 Å². The van der Waals surface area contributed by atoms with Gasteiger partial charge in [0.05, 0.1) is 6.61 Å². The predicted molar refractivity (Wildman–Crippen MR) is 77.6 cm³/mol. The summed E-state index contributed by atoms with van der Waals surface area (Å²) in [5.74, 6) is 0.855. The smallest absolute Gasteiger partial charge is 0.193 e. The number of hydrogen-bond acceptors (Lipinski definition) is 3. The summed E-state index contributed by atoms with van der Waals surface area (Å²) in [6.07, 6.45) is 0.858. The van der Waals surface area contributed by atoms with Crippen LogP contribution in [-0.4, -0.2) is 12.4 Å². The van der Waals surface area contributed by atoms with Crippen molar-refractivity contribution in [2.45, 2.75) is 6.42 Å². The van der Waals surface area contributed by atoms with Crippen LogP contribution in [0.25, 0.3) is 0 Å². The Kier molecular flexibility index (Phi) is 3.03. The van der Waals surface area contributed by atoms with Crippen LogP contribution in [0.15, 0.2) is 40.9 Å². The highest BCUT2D eigenvalue weighted by atomic mass is 79.9. The first-order valence-corrected chi connectivity index (χ1v) is 6.79. The first-order chi connectivity index (χ1) is 9.13. The lowest BCUT2D eigenvalue weighted by Gasteiger charge is -2.05. The molecule has 0 saturated carbocycles. The third-order valence-corrected chi connectivity index (χ3v) is 3.59. The van der Waals surface area contributed by atoms with E-state index in [0.717, 1.165) is 22.2 Å². The first kappa shape index (κ1) is 12.2. The third kappa shape index (κ3) is 2.36. The molecule has 0 saturated heterocycles. The Morgan fingerprint density at radius 3 is 2.79 bits per heavy atom. The molecule has 19 heavy (non-hydrogen) atoms. The van der Waals surface area contributed by atoms with Crippen LogP contribution in [0.5, 0.6) is 5.75 Å². The lowest BCUT2D eigenvalue weighted by atomic mass is 10.00. The van der Waals surface area contributed by atoms with E-state index >= 15 is 0 Å². The number of rotatable bonds is 2. The summed E-state index contributed by atoms with van der Waals surface area (Å²) >= 11 is 3.35. The second-order valence-electron chi connectivity index (χ2n) is 4.52. The van der Waals surface area contributed by atoms with Crippen LogP contribution in [0, 0.1) is 0 Å². The maximum absolute atomic E-state index is 12.4. The minimum atomic E-state index is -0.0253. The molecule has 0 fully saturated rings. The van der Waals surface area contributed by atoms with Gasteiger partial charge >= 0.3 is 0 Å². The summed E-state index contributed by atoms with van der Waals surface area (Å²) in [4.78, 5) is 12.4. The summed E-state index contributed by atoms with van der Waals surface area (Å²) in [5.41, 5.74) is 8.68. The van der Waals surface area contributed by atoms with Crippen molar-refractivity contribution in [3.05, 3.63) is 57.6 Å². The lowest BCUT2D eigenvalue weighted by molar-refractivity contribution is 0.103. The zero-order valence-corrected chi connectivity index (χ0v) is 11.7. The molecule has 4 heteroatoms. The molecular formula is C15H12BrNO2. The minimum absolute atomic E-state index is 0.0253. The Hall–Kier alpha value is -1.81. The van der Waals surface area contributed by atoms with Crippen LogP contribution in [0.2, 0.25) is 0 Å². The molecule has 2 aromatic carbocycles. The number of hydrogen-bond donors (Lipinski definition) is 1. The fourth-order valence-electron chi connectivity index (χ4n) is 2.24. The minimum Gasteiger partial charge on any atom is -0.493 e. The fraction of sp³-hybridized carbons (Fsp3) is 0.133. The topological polar surface area (TPSA) is 52.3 Å². The quantitative estimate of drug-likeness (QED) is 0.683. The number of ketones is 1. The molecule has 2 N–H and O–H groups in total. The summed E-state index contributed by atoms with van der Waals surface area (Å²) in [6.45, 7) is 0.691. The number of anilines is 1. The van der Waals surface area contributed by atoms with E-state index in [1.54, 1.807) is 24.3 Å². The van der Waals surface area contributed by atoms with Gasteiger partial charge in [0.15, 0.2) is 5.78 Å². The number of halogens is 1. The van der Waals surface area contributed by atoms with Crippen molar-refractivity contribution in [1.29, 1.82) is 0 Å². The first-order valence-electron chi connectivity index (χ1n) is 6.00. The Bertz CT molecular complexity index is 647. The van der Waals surface area contributed by atoms with E-state index in [4.69, 9.17) is 10.5 Å². The Morgan fingerprint density at radius 1 is 1.16 bits per heavy atom. The van der Waals surface area contributed by atoms with Gasteiger partial charge in [0, 0.05) is 27.7 Å². The van der Waals surface area contributed by atoms with Gasteiger partial charge < -0.3 is 10.5 Å². The highest BCUT2D eigenvalue weighted by Gasteiger charge is 2.16. The average Bonchev–Trinajstić information content (AvgIpc) is 2.83. The lowest BCUT2D eigenvalue weighted by Crippen LogP contribution is -2.03. The maximum atomic E-state index is 12.4. The van der Waals surface area contributed by atoms with Gasteiger partial charge in [0.1, 0.15) is 5.75 Å². The van der Waals surface area contributed by atoms with Crippen molar-refractivity contribution in [1.82, 2.24) is 0 Å². The van der Waals surface area contributed by atoms with Crippen LogP contribution in [0.3, 0.4) is 0 Å². The number of carbonyl (C=O) groups is 1. The van der Waals surface area contributed by atoms with Crippen LogP contribution >= 0.6 is 15.9 Å². The monoisotopic (exact) mass is 317 g/mol. The molecule has 0 atom stereocenters. The van der Waals surface area contributed by atoms with Crippen molar-refractivity contribution in [3.63, 3.8) is 0 Å². The van der Waals surface area contributed by atoms with Gasteiger partial charge in [0.25, 0.3) is 0 Å². The molecule has 3 nitrogen and oxygen atoms in total. The van der Waals surface area contributed by atoms with Gasteiger partial charge in [0.2, 0.25) is 0 Å². The second-order valence-corrected chi connectivity index (χ2v) is 5.44. The number of nitrogen functional groups attached to an aromatic ring is 1. The van der Waals surface area contributed by atoms with Crippen molar-refractivity contribution in [2.24, 2.45) is 0 Å². The highest BCUT2D eigenvalue weighted by molar-refractivity contribution is 9.10. The third-order valence-electron chi connectivity index (χ3n) is 3.13. The number of carbonyl (C=O) groups excluding carboxylic acids is 1. The van der Waals surface area contributed by atoms with E-state index < -0.39 is 0 Å². The van der Waals surface area contributed by atoms with E-state index in [2.05, 4.69) is 15.9 Å². The molecule has 3 rings (SSSR count). The van der Waals surface area contributed by atoms with Crippen molar-refractivity contribution in [2.75, 3.05) is 12.3 Å². The SMILES string of the molecule is Nc1cc(Br)cc(C(=O)c2ccc3c(c2)CCO3)c1. The zero-order valence-electron chi connectivity index (χ0n) is 10.2. The molecule has 0 aliphatic carbocycles. The molecule has 0 spiro atoms. The van der Waals surface area contributed by atoms with Gasteiger partial charge in [-0.15, -0.1) is 0 Å². The number of nitrogens with two attached hydrogens (primary N) is 1. The number of benzene rings is 2. The van der Waals surface area contributed by atoms with Gasteiger partial charge in [-0.25, -0.2) is 0 Å². The van der Waals surface area contributed by atoms with Gasteiger partial charge in [-0.05, 0) is 42.0 Å². The normalized spacial score (nSPS) is 12.9. The molecule has 0 unspecified atom stereocenters. The molecule has 0 radical (unpaired) electrons. The molecule has 1 aliphatic heterocycles.